The van der Waals surface area contributed by atoms with E-state index >= 15 is 0 Å². The second kappa shape index (κ2) is 11.8. The molecule has 3 rings (SSSR count). The van der Waals surface area contributed by atoms with Crippen molar-refractivity contribution in [2.24, 2.45) is 4.99 Å². The SMILES string of the molecule is CN=C(NCCN1CCOCC1)N1CCN(Cc2ccc(Cl)cc2)C(=O)C1.I. The van der Waals surface area contributed by atoms with E-state index in [4.69, 9.17) is 16.3 Å². The van der Waals surface area contributed by atoms with Crippen LogP contribution in [0.4, 0.5) is 0 Å². The second-order valence-corrected chi connectivity index (χ2v) is 7.23. The summed E-state index contributed by atoms with van der Waals surface area (Å²) < 4.78 is 5.37. The Morgan fingerprint density at radius 3 is 2.54 bits per heavy atom. The molecular weight excluding hydrogens is 493 g/mol. The largest absolute Gasteiger partial charge is 0.379 e. The van der Waals surface area contributed by atoms with Crippen molar-refractivity contribution >= 4 is 47.4 Å². The van der Waals surface area contributed by atoms with E-state index in [9.17, 15) is 4.79 Å². The first-order valence-electron chi connectivity index (χ1n) is 9.43. The first-order valence-corrected chi connectivity index (χ1v) is 9.81. The highest BCUT2D eigenvalue weighted by molar-refractivity contribution is 14.0. The molecule has 2 saturated heterocycles. The minimum atomic E-state index is 0. The van der Waals surface area contributed by atoms with Crippen LogP contribution in [0.2, 0.25) is 5.02 Å². The Morgan fingerprint density at radius 2 is 1.89 bits per heavy atom. The first kappa shape index (κ1) is 23.2. The van der Waals surface area contributed by atoms with Crippen LogP contribution < -0.4 is 5.32 Å². The van der Waals surface area contributed by atoms with Gasteiger partial charge in [-0.3, -0.25) is 14.7 Å². The molecule has 2 heterocycles. The fourth-order valence-corrected chi connectivity index (χ4v) is 3.48. The molecule has 1 aromatic carbocycles. The number of piperazine rings is 1. The highest BCUT2D eigenvalue weighted by Gasteiger charge is 2.26. The lowest BCUT2D eigenvalue weighted by molar-refractivity contribution is -0.135. The predicted octanol–water partition coefficient (Wildman–Crippen LogP) is 1.51. The van der Waals surface area contributed by atoms with Gasteiger partial charge < -0.3 is 19.9 Å². The summed E-state index contributed by atoms with van der Waals surface area (Å²) >= 11 is 5.93. The maximum atomic E-state index is 12.6. The van der Waals surface area contributed by atoms with Crippen molar-refractivity contribution in [2.75, 3.05) is 66.1 Å². The van der Waals surface area contributed by atoms with Crippen LogP contribution >= 0.6 is 35.6 Å². The third kappa shape index (κ3) is 6.75. The number of hydrogen-bond donors (Lipinski definition) is 1. The molecule has 1 aromatic rings. The summed E-state index contributed by atoms with van der Waals surface area (Å²) in [6, 6.07) is 7.65. The van der Waals surface area contributed by atoms with E-state index in [1.165, 1.54) is 0 Å². The van der Waals surface area contributed by atoms with Crippen molar-refractivity contribution in [1.29, 1.82) is 0 Å². The van der Waals surface area contributed by atoms with Gasteiger partial charge in [-0.2, -0.15) is 0 Å². The number of hydrogen-bond acceptors (Lipinski definition) is 4. The van der Waals surface area contributed by atoms with E-state index in [0.29, 0.717) is 24.7 Å². The Labute approximate surface area is 189 Å². The van der Waals surface area contributed by atoms with Crippen LogP contribution in [0.5, 0.6) is 0 Å². The lowest BCUT2D eigenvalue weighted by Crippen LogP contribution is -2.55. The molecule has 2 aliphatic rings. The number of nitrogens with zero attached hydrogens (tertiary/aromatic N) is 4. The minimum absolute atomic E-state index is 0. The van der Waals surface area contributed by atoms with Crippen LogP contribution in [0.15, 0.2) is 29.3 Å². The molecule has 0 radical (unpaired) electrons. The lowest BCUT2D eigenvalue weighted by atomic mass is 10.2. The summed E-state index contributed by atoms with van der Waals surface area (Å²) in [4.78, 5) is 23.2. The van der Waals surface area contributed by atoms with E-state index < -0.39 is 0 Å². The molecule has 0 atom stereocenters. The predicted molar refractivity (Wildman–Crippen MR) is 122 cm³/mol. The number of carbonyl (C=O) groups excluding carboxylic acids is 1. The number of ether oxygens (including phenoxy) is 1. The van der Waals surface area contributed by atoms with Crippen LogP contribution in [-0.4, -0.2) is 92.6 Å². The monoisotopic (exact) mass is 521 g/mol. The number of halogens is 2. The Balaban J connectivity index is 0.00000280. The van der Waals surface area contributed by atoms with Crippen LogP contribution in [0.25, 0.3) is 0 Å². The summed E-state index contributed by atoms with van der Waals surface area (Å²) in [5.41, 5.74) is 1.09. The molecule has 7 nitrogen and oxygen atoms in total. The van der Waals surface area contributed by atoms with Gasteiger partial charge in [-0.25, -0.2) is 0 Å². The molecule has 9 heteroatoms. The van der Waals surface area contributed by atoms with Crippen LogP contribution in [0.3, 0.4) is 0 Å². The zero-order valence-electron chi connectivity index (χ0n) is 16.3. The molecule has 1 N–H and O–H groups in total. The third-order valence-electron chi connectivity index (χ3n) is 4.93. The summed E-state index contributed by atoms with van der Waals surface area (Å²) in [5.74, 6) is 0.912. The van der Waals surface area contributed by atoms with Gasteiger partial charge in [0.1, 0.15) is 0 Å². The Hall–Kier alpha value is -1.10. The average molecular weight is 522 g/mol. The third-order valence-corrected chi connectivity index (χ3v) is 5.18. The molecule has 0 bridgehead atoms. The Morgan fingerprint density at radius 1 is 1.18 bits per heavy atom. The number of guanidine groups is 1. The standard InChI is InChI=1S/C19H28ClN5O2.HI/c1-21-19(22-6-7-23-10-12-27-13-11-23)25-9-8-24(18(26)15-25)14-16-2-4-17(20)5-3-16;/h2-5H,6-15H2,1H3,(H,21,22);1H. The average Bonchev–Trinajstić information content (AvgIpc) is 2.69. The molecule has 28 heavy (non-hydrogen) atoms. The quantitative estimate of drug-likeness (QED) is 0.362. The summed E-state index contributed by atoms with van der Waals surface area (Å²) in [6.45, 7) is 7.75. The maximum Gasteiger partial charge on any atom is 0.242 e. The van der Waals surface area contributed by atoms with Gasteiger partial charge in [-0.15, -0.1) is 24.0 Å². The number of carbonyl (C=O) groups is 1. The van der Waals surface area contributed by atoms with Gasteiger partial charge in [-0.05, 0) is 17.7 Å². The van der Waals surface area contributed by atoms with Gasteiger partial charge in [0.2, 0.25) is 5.91 Å². The molecule has 0 unspecified atom stereocenters. The van der Waals surface area contributed by atoms with Crippen molar-refractivity contribution in [3.63, 3.8) is 0 Å². The number of nitrogens with one attached hydrogen (secondary N) is 1. The fraction of sp³-hybridized carbons (Fsp3) is 0.579. The normalized spacial score (nSPS) is 18.8. The number of amides is 1. The first-order chi connectivity index (χ1) is 13.2. The van der Waals surface area contributed by atoms with Crippen molar-refractivity contribution in [2.45, 2.75) is 6.54 Å². The lowest BCUT2D eigenvalue weighted by Gasteiger charge is -2.36. The van der Waals surface area contributed by atoms with Crippen LogP contribution in [0.1, 0.15) is 5.56 Å². The molecular formula is C19H29ClIN5O2. The van der Waals surface area contributed by atoms with Gasteiger partial charge in [0.15, 0.2) is 5.96 Å². The topological polar surface area (TPSA) is 60.4 Å². The number of morpholine rings is 1. The van der Waals surface area contributed by atoms with Gasteiger partial charge in [0, 0.05) is 57.9 Å². The highest BCUT2D eigenvalue weighted by atomic mass is 127. The molecule has 2 aliphatic heterocycles. The summed E-state index contributed by atoms with van der Waals surface area (Å²) in [7, 11) is 1.77. The van der Waals surface area contributed by atoms with E-state index in [-0.39, 0.29) is 29.9 Å². The van der Waals surface area contributed by atoms with Gasteiger partial charge in [0.25, 0.3) is 0 Å². The van der Waals surface area contributed by atoms with Gasteiger partial charge in [0.05, 0.1) is 19.8 Å². The minimum Gasteiger partial charge on any atom is -0.379 e. The number of benzene rings is 1. The van der Waals surface area contributed by atoms with E-state index in [0.717, 1.165) is 57.5 Å². The number of rotatable bonds is 5. The molecule has 0 saturated carbocycles. The van der Waals surface area contributed by atoms with Gasteiger partial charge in [-0.1, -0.05) is 23.7 Å². The van der Waals surface area contributed by atoms with Gasteiger partial charge >= 0.3 is 0 Å². The van der Waals surface area contributed by atoms with Crippen molar-refractivity contribution in [1.82, 2.24) is 20.0 Å². The molecule has 2 fully saturated rings. The molecule has 1 amide bonds. The van der Waals surface area contributed by atoms with E-state index in [2.05, 4.69) is 15.2 Å². The fourth-order valence-electron chi connectivity index (χ4n) is 3.35. The van der Waals surface area contributed by atoms with Crippen LogP contribution in [0, 0.1) is 0 Å². The molecule has 156 valence electrons. The summed E-state index contributed by atoms with van der Waals surface area (Å²) in [6.07, 6.45) is 0. The Kier molecular flexibility index (Phi) is 9.76. The zero-order chi connectivity index (χ0) is 19.1. The van der Waals surface area contributed by atoms with Crippen molar-refractivity contribution in [3.8, 4) is 0 Å². The van der Waals surface area contributed by atoms with Crippen molar-refractivity contribution in [3.05, 3.63) is 34.9 Å². The van der Waals surface area contributed by atoms with E-state index in [1.54, 1.807) is 7.05 Å². The van der Waals surface area contributed by atoms with Crippen LogP contribution in [-0.2, 0) is 16.1 Å². The second-order valence-electron chi connectivity index (χ2n) is 6.79. The zero-order valence-corrected chi connectivity index (χ0v) is 19.4. The smallest absolute Gasteiger partial charge is 0.242 e. The highest BCUT2D eigenvalue weighted by Crippen LogP contribution is 2.13. The van der Waals surface area contributed by atoms with E-state index in [1.807, 2.05) is 34.1 Å². The number of aliphatic imine (C=N–C) groups is 1. The summed E-state index contributed by atoms with van der Waals surface area (Å²) in [5, 5.41) is 4.10. The Bertz CT molecular complexity index is 652. The molecule has 0 aromatic heterocycles. The van der Waals surface area contributed by atoms with Crippen molar-refractivity contribution < 1.29 is 9.53 Å². The molecule has 0 spiro atoms. The maximum absolute atomic E-state index is 12.6. The molecule has 0 aliphatic carbocycles.